The number of hydrogen-bond acceptors (Lipinski definition) is 0. The van der Waals surface area contributed by atoms with Crippen molar-refractivity contribution in [3.63, 3.8) is 0 Å². The second-order valence-electron chi connectivity index (χ2n) is 6.96. The molecular weight excluding hydrogens is 324 g/mol. The van der Waals surface area contributed by atoms with Crippen molar-refractivity contribution >= 4 is 0 Å². The van der Waals surface area contributed by atoms with Crippen LogP contribution < -0.4 is 0 Å². The Morgan fingerprint density at radius 1 is 0.519 bits per heavy atom. The standard InChI is InChI=1S/3C9H12/c1-3-9-6-4-8(2)5-7-9;1-3-9-6-4-5-8(2)7-9;1-3-9-7-5-4-6-8(9)2/h3*4-7H,3H2,1-2H3. The Kier molecular flexibility index (Phi) is 10.9. The van der Waals surface area contributed by atoms with E-state index in [9.17, 15) is 0 Å². The summed E-state index contributed by atoms with van der Waals surface area (Å²) in [5.74, 6) is 0. The van der Waals surface area contributed by atoms with E-state index in [0.29, 0.717) is 0 Å². The molecule has 0 bridgehead atoms. The number of aryl methyl sites for hydroxylation is 6. The van der Waals surface area contributed by atoms with Gasteiger partial charge in [0.15, 0.2) is 0 Å². The Bertz CT molecular complexity index is 766. The molecule has 0 aliphatic rings. The highest BCUT2D eigenvalue weighted by Gasteiger charge is 1.89. The summed E-state index contributed by atoms with van der Waals surface area (Å²) in [4.78, 5) is 0. The van der Waals surface area contributed by atoms with Gasteiger partial charge in [-0.05, 0) is 62.3 Å². The fraction of sp³-hybridized carbons (Fsp3) is 0.333. The minimum absolute atomic E-state index is 1.14. The molecule has 0 saturated carbocycles. The van der Waals surface area contributed by atoms with Crippen molar-refractivity contribution in [1.82, 2.24) is 0 Å². The Labute approximate surface area is 167 Å². The van der Waals surface area contributed by atoms with E-state index in [0.717, 1.165) is 19.3 Å². The van der Waals surface area contributed by atoms with Crippen LogP contribution in [-0.4, -0.2) is 0 Å². The first-order valence-electron chi connectivity index (χ1n) is 10.2. The van der Waals surface area contributed by atoms with E-state index in [2.05, 4.69) is 114 Å². The minimum Gasteiger partial charge on any atom is -0.0620 e. The van der Waals surface area contributed by atoms with Crippen LogP contribution in [0.5, 0.6) is 0 Å². The number of hydrogen-bond donors (Lipinski definition) is 0. The van der Waals surface area contributed by atoms with E-state index in [1.807, 2.05) is 0 Å². The average molecular weight is 361 g/mol. The topological polar surface area (TPSA) is 0 Å². The quantitative estimate of drug-likeness (QED) is 0.449. The summed E-state index contributed by atoms with van der Waals surface area (Å²) in [6, 6.07) is 25.8. The highest BCUT2D eigenvalue weighted by Crippen LogP contribution is 2.06. The number of rotatable bonds is 3. The lowest BCUT2D eigenvalue weighted by atomic mass is 10.1. The van der Waals surface area contributed by atoms with E-state index in [1.165, 1.54) is 33.4 Å². The molecule has 0 unspecified atom stereocenters. The molecule has 0 atom stereocenters. The molecule has 3 aromatic carbocycles. The Balaban J connectivity index is 0.000000202. The summed E-state index contributed by atoms with van der Waals surface area (Å²) >= 11 is 0. The lowest BCUT2D eigenvalue weighted by Gasteiger charge is -1.98. The summed E-state index contributed by atoms with van der Waals surface area (Å²) in [5, 5.41) is 0. The van der Waals surface area contributed by atoms with E-state index in [4.69, 9.17) is 0 Å². The first kappa shape index (κ1) is 22.7. The Morgan fingerprint density at radius 3 is 1.59 bits per heavy atom. The predicted octanol–water partition coefficient (Wildman–Crippen LogP) is 7.67. The molecule has 0 aliphatic carbocycles. The van der Waals surface area contributed by atoms with Gasteiger partial charge in [-0.15, -0.1) is 0 Å². The molecule has 0 aliphatic heterocycles. The molecule has 0 saturated heterocycles. The van der Waals surface area contributed by atoms with Crippen molar-refractivity contribution in [2.45, 2.75) is 60.8 Å². The van der Waals surface area contributed by atoms with E-state index in [1.54, 1.807) is 0 Å². The second-order valence-corrected chi connectivity index (χ2v) is 6.96. The van der Waals surface area contributed by atoms with Gasteiger partial charge in [0.05, 0.1) is 0 Å². The van der Waals surface area contributed by atoms with E-state index < -0.39 is 0 Å². The molecule has 0 nitrogen and oxygen atoms in total. The summed E-state index contributed by atoms with van der Waals surface area (Å²) in [6.45, 7) is 12.9. The molecule has 0 fully saturated rings. The van der Waals surface area contributed by atoms with Crippen molar-refractivity contribution in [2.75, 3.05) is 0 Å². The first-order chi connectivity index (χ1) is 13.0. The first-order valence-corrected chi connectivity index (χ1v) is 10.2. The van der Waals surface area contributed by atoms with Crippen LogP contribution in [0, 0.1) is 20.8 Å². The van der Waals surface area contributed by atoms with Crippen LogP contribution in [0.2, 0.25) is 0 Å². The predicted molar refractivity (Wildman–Crippen MR) is 122 cm³/mol. The maximum absolute atomic E-state index is 2.22. The highest BCUT2D eigenvalue weighted by molar-refractivity contribution is 5.25. The van der Waals surface area contributed by atoms with Gasteiger partial charge in [0.2, 0.25) is 0 Å². The van der Waals surface area contributed by atoms with Crippen molar-refractivity contribution in [1.29, 1.82) is 0 Å². The third kappa shape index (κ3) is 9.24. The zero-order chi connectivity index (χ0) is 20.1. The van der Waals surface area contributed by atoms with Crippen LogP contribution in [0.4, 0.5) is 0 Å². The summed E-state index contributed by atoms with van der Waals surface area (Å²) < 4.78 is 0. The largest absolute Gasteiger partial charge is 0.0620 e. The normalized spacial score (nSPS) is 9.56. The molecule has 144 valence electrons. The lowest BCUT2D eigenvalue weighted by molar-refractivity contribution is 1.11. The fourth-order valence-corrected chi connectivity index (χ4v) is 2.76. The molecule has 0 spiro atoms. The Hall–Kier alpha value is -2.34. The zero-order valence-corrected chi connectivity index (χ0v) is 18.0. The third-order valence-electron chi connectivity index (χ3n) is 4.66. The van der Waals surface area contributed by atoms with Crippen LogP contribution in [-0.2, 0) is 19.3 Å². The van der Waals surface area contributed by atoms with Gasteiger partial charge in [-0.3, -0.25) is 0 Å². The van der Waals surface area contributed by atoms with Gasteiger partial charge in [0.25, 0.3) is 0 Å². The summed E-state index contributed by atoms with van der Waals surface area (Å²) in [6.07, 6.45) is 3.43. The average Bonchev–Trinajstić information content (AvgIpc) is 2.70. The van der Waals surface area contributed by atoms with Crippen molar-refractivity contribution in [2.24, 2.45) is 0 Å². The van der Waals surface area contributed by atoms with Gasteiger partial charge in [-0.1, -0.05) is 105 Å². The fourth-order valence-electron chi connectivity index (χ4n) is 2.76. The smallest absolute Gasteiger partial charge is 0.0305 e. The van der Waals surface area contributed by atoms with Gasteiger partial charge in [0, 0.05) is 0 Å². The summed E-state index contributed by atoms with van der Waals surface area (Å²) in [5.41, 5.74) is 8.40. The van der Waals surface area contributed by atoms with Crippen LogP contribution in [0.25, 0.3) is 0 Å². The van der Waals surface area contributed by atoms with Crippen molar-refractivity contribution in [3.05, 3.63) is 106 Å². The van der Waals surface area contributed by atoms with Crippen LogP contribution in [0.3, 0.4) is 0 Å². The van der Waals surface area contributed by atoms with Crippen molar-refractivity contribution < 1.29 is 0 Å². The molecule has 3 rings (SSSR count). The van der Waals surface area contributed by atoms with Gasteiger partial charge in [-0.2, -0.15) is 0 Å². The minimum atomic E-state index is 1.14. The molecule has 0 radical (unpaired) electrons. The van der Waals surface area contributed by atoms with Crippen molar-refractivity contribution in [3.8, 4) is 0 Å². The SMILES string of the molecule is CCc1ccc(C)cc1.CCc1cccc(C)c1.CCc1ccccc1C. The monoisotopic (exact) mass is 360 g/mol. The molecule has 0 amide bonds. The van der Waals surface area contributed by atoms with Crippen LogP contribution in [0.15, 0.2) is 72.8 Å². The molecule has 3 aromatic rings. The number of benzene rings is 3. The Morgan fingerprint density at radius 2 is 1.15 bits per heavy atom. The van der Waals surface area contributed by atoms with E-state index >= 15 is 0 Å². The van der Waals surface area contributed by atoms with Gasteiger partial charge >= 0.3 is 0 Å². The third-order valence-corrected chi connectivity index (χ3v) is 4.66. The highest BCUT2D eigenvalue weighted by atomic mass is 14.0. The van der Waals surface area contributed by atoms with Gasteiger partial charge in [-0.25, -0.2) is 0 Å². The summed E-state index contributed by atoms with van der Waals surface area (Å²) in [7, 11) is 0. The second kappa shape index (κ2) is 12.9. The maximum Gasteiger partial charge on any atom is -0.0305 e. The lowest BCUT2D eigenvalue weighted by Crippen LogP contribution is -1.82. The molecular formula is C27H36. The molecule has 0 heterocycles. The maximum atomic E-state index is 2.22. The zero-order valence-electron chi connectivity index (χ0n) is 18.0. The van der Waals surface area contributed by atoms with Crippen LogP contribution in [0.1, 0.15) is 54.2 Å². The molecule has 0 N–H and O–H groups in total. The van der Waals surface area contributed by atoms with Gasteiger partial charge in [0.1, 0.15) is 0 Å². The van der Waals surface area contributed by atoms with Gasteiger partial charge < -0.3 is 0 Å². The molecule has 27 heavy (non-hydrogen) atoms. The van der Waals surface area contributed by atoms with E-state index in [-0.39, 0.29) is 0 Å². The van der Waals surface area contributed by atoms with Crippen LogP contribution >= 0.6 is 0 Å². The molecule has 0 heteroatoms. The molecule has 0 aromatic heterocycles.